The number of halogens is 3. The number of aliphatic imine (C=N–C) groups is 1. The van der Waals surface area contributed by atoms with E-state index in [1.165, 1.54) is 18.0 Å². The number of alkyl halides is 2. The van der Waals surface area contributed by atoms with Gasteiger partial charge >= 0.3 is 6.55 Å². The first-order valence-electron chi connectivity index (χ1n) is 9.71. The number of nitrogens with one attached hydrogen (secondary N) is 2. The number of likely N-dealkylation sites (N-methyl/N-ethyl adjacent to an activating group) is 1. The summed E-state index contributed by atoms with van der Waals surface area (Å²) in [6, 6.07) is 10.5. The SMILES string of the molecule is CCNC(=NCc1nccn1C(F)F)NCC(c1ccccc1)N(CC)CC.I. The summed E-state index contributed by atoms with van der Waals surface area (Å²) in [5.74, 6) is 0.815. The lowest BCUT2D eigenvalue weighted by molar-refractivity contribution is 0.0671. The zero-order valence-electron chi connectivity index (χ0n) is 17.2. The van der Waals surface area contributed by atoms with E-state index in [0.717, 1.165) is 17.7 Å². The second kappa shape index (κ2) is 13.5. The van der Waals surface area contributed by atoms with Crippen LogP contribution in [-0.4, -0.2) is 46.6 Å². The second-order valence-electron chi connectivity index (χ2n) is 6.25. The lowest BCUT2D eigenvalue weighted by Crippen LogP contribution is -2.43. The van der Waals surface area contributed by atoms with Crippen LogP contribution in [0, 0.1) is 0 Å². The van der Waals surface area contributed by atoms with Crippen molar-refractivity contribution in [2.24, 2.45) is 4.99 Å². The van der Waals surface area contributed by atoms with Crippen molar-refractivity contribution in [3.8, 4) is 0 Å². The van der Waals surface area contributed by atoms with Crippen LogP contribution < -0.4 is 10.6 Å². The molecule has 0 aliphatic heterocycles. The van der Waals surface area contributed by atoms with E-state index >= 15 is 0 Å². The Bertz CT molecular complexity index is 719. The maximum Gasteiger partial charge on any atom is 0.319 e. The summed E-state index contributed by atoms with van der Waals surface area (Å²) in [7, 11) is 0. The minimum absolute atomic E-state index is 0. The van der Waals surface area contributed by atoms with E-state index in [4.69, 9.17) is 0 Å². The number of hydrogen-bond acceptors (Lipinski definition) is 3. The Morgan fingerprint density at radius 1 is 1.14 bits per heavy atom. The van der Waals surface area contributed by atoms with Crippen LogP contribution in [0.25, 0.3) is 0 Å². The predicted molar refractivity (Wildman–Crippen MR) is 124 cm³/mol. The van der Waals surface area contributed by atoms with Gasteiger partial charge in [-0.2, -0.15) is 8.78 Å². The zero-order chi connectivity index (χ0) is 20.4. The number of hydrogen-bond donors (Lipinski definition) is 2. The van der Waals surface area contributed by atoms with Crippen LogP contribution in [0.2, 0.25) is 0 Å². The number of aromatic nitrogens is 2. The van der Waals surface area contributed by atoms with Crippen molar-refractivity contribution in [1.82, 2.24) is 25.1 Å². The van der Waals surface area contributed by atoms with Crippen LogP contribution >= 0.6 is 24.0 Å². The maximum absolute atomic E-state index is 13.0. The molecule has 0 saturated carbocycles. The van der Waals surface area contributed by atoms with E-state index < -0.39 is 6.55 Å². The number of imidazole rings is 1. The average molecular weight is 520 g/mol. The predicted octanol–water partition coefficient (Wildman–Crippen LogP) is 4.03. The van der Waals surface area contributed by atoms with E-state index in [1.807, 2.05) is 25.1 Å². The molecular weight excluding hydrogens is 489 g/mol. The minimum Gasteiger partial charge on any atom is -0.357 e. The van der Waals surface area contributed by atoms with Gasteiger partial charge in [-0.3, -0.25) is 9.47 Å². The quantitative estimate of drug-likeness (QED) is 0.282. The van der Waals surface area contributed by atoms with Crippen molar-refractivity contribution < 1.29 is 8.78 Å². The van der Waals surface area contributed by atoms with Crippen LogP contribution in [0.15, 0.2) is 47.7 Å². The van der Waals surface area contributed by atoms with Crippen LogP contribution in [-0.2, 0) is 6.54 Å². The largest absolute Gasteiger partial charge is 0.357 e. The lowest BCUT2D eigenvalue weighted by atomic mass is 10.1. The summed E-state index contributed by atoms with van der Waals surface area (Å²) in [5.41, 5.74) is 1.22. The third-order valence-corrected chi connectivity index (χ3v) is 4.58. The highest BCUT2D eigenvalue weighted by atomic mass is 127. The molecule has 1 aromatic heterocycles. The van der Waals surface area contributed by atoms with Gasteiger partial charge in [0.2, 0.25) is 0 Å². The summed E-state index contributed by atoms with van der Waals surface area (Å²) >= 11 is 0. The maximum atomic E-state index is 13.0. The molecule has 1 atom stereocenters. The molecule has 0 saturated heterocycles. The standard InChI is InChI=1S/C20H30F2N6.HI/c1-4-23-20(26-15-18-24-12-13-28(18)19(21)22)25-14-17(27(5-2)6-3)16-10-8-7-9-11-16;/h7-13,17,19H,4-6,14-15H2,1-3H3,(H2,23,25,26);1H. The van der Waals surface area contributed by atoms with Crippen molar-refractivity contribution >= 4 is 29.9 Å². The van der Waals surface area contributed by atoms with Crippen molar-refractivity contribution in [2.45, 2.75) is 39.9 Å². The molecule has 0 fully saturated rings. The van der Waals surface area contributed by atoms with Gasteiger partial charge in [-0.05, 0) is 25.6 Å². The van der Waals surface area contributed by atoms with Crippen LogP contribution in [0.4, 0.5) is 8.78 Å². The molecule has 162 valence electrons. The van der Waals surface area contributed by atoms with E-state index in [-0.39, 0.29) is 42.4 Å². The fourth-order valence-corrected chi connectivity index (χ4v) is 3.13. The van der Waals surface area contributed by atoms with E-state index in [2.05, 4.69) is 51.5 Å². The van der Waals surface area contributed by atoms with Gasteiger partial charge in [0.15, 0.2) is 5.96 Å². The third kappa shape index (κ3) is 7.54. The monoisotopic (exact) mass is 520 g/mol. The topological polar surface area (TPSA) is 57.5 Å². The molecule has 0 spiro atoms. The molecule has 9 heteroatoms. The number of nitrogens with zero attached hydrogens (tertiary/aromatic N) is 4. The second-order valence-corrected chi connectivity index (χ2v) is 6.25. The Hall–Kier alpha value is -1.75. The Morgan fingerprint density at radius 2 is 1.83 bits per heavy atom. The Labute approximate surface area is 188 Å². The van der Waals surface area contributed by atoms with Gasteiger partial charge in [0.25, 0.3) is 0 Å². The number of guanidine groups is 1. The van der Waals surface area contributed by atoms with Gasteiger partial charge in [-0.15, -0.1) is 24.0 Å². The summed E-state index contributed by atoms with van der Waals surface area (Å²) in [6.45, 7) is 6.90. The van der Waals surface area contributed by atoms with Crippen molar-refractivity contribution in [1.29, 1.82) is 0 Å². The van der Waals surface area contributed by atoms with E-state index in [1.54, 1.807) is 0 Å². The third-order valence-electron chi connectivity index (χ3n) is 4.58. The molecular formula is C20H31F2IN6. The highest BCUT2D eigenvalue weighted by molar-refractivity contribution is 14.0. The van der Waals surface area contributed by atoms with Gasteiger partial charge in [-0.25, -0.2) is 9.98 Å². The molecule has 29 heavy (non-hydrogen) atoms. The first kappa shape index (κ1) is 25.3. The molecule has 0 aliphatic rings. The molecule has 2 N–H and O–H groups in total. The molecule has 6 nitrogen and oxygen atoms in total. The van der Waals surface area contributed by atoms with Crippen LogP contribution in [0.3, 0.4) is 0 Å². The van der Waals surface area contributed by atoms with Crippen molar-refractivity contribution in [2.75, 3.05) is 26.2 Å². The Morgan fingerprint density at radius 3 is 2.41 bits per heavy atom. The van der Waals surface area contributed by atoms with Gasteiger partial charge in [-0.1, -0.05) is 44.2 Å². The molecule has 0 radical (unpaired) electrons. The Balaban J connectivity index is 0.00000420. The van der Waals surface area contributed by atoms with Gasteiger partial charge in [0, 0.05) is 25.5 Å². The van der Waals surface area contributed by atoms with Crippen LogP contribution in [0.1, 0.15) is 44.8 Å². The van der Waals surface area contributed by atoms with Gasteiger partial charge < -0.3 is 10.6 Å². The molecule has 0 aliphatic carbocycles. The Kier molecular flexibility index (Phi) is 11.7. The molecule has 1 unspecified atom stereocenters. The summed E-state index contributed by atoms with van der Waals surface area (Å²) < 4.78 is 26.8. The molecule has 0 bridgehead atoms. The summed E-state index contributed by atoms with van der Waals surface area (Å²) in [5, 5.41) is 6.52. The number of rotatable bonds is 10. The first-order valence-corrected chi connectivity index (χ1v) is 9.71. The van der Waals surface area contributed by atoms with E-state index in [0.29, 0.717) is 19.0 Å². The zero-order valence-corrected chi connectivity index (χ0v) is 19.5. The van der Waals surface area contributed by atoms with Crippen molar-refractivity contribution in [3.05, 3.63) is 54.1 Å². The normalized spacial score (nSPS) is 12.7. The van der Waals surface area contributed by atoms with E-state index in [9.17, 15) is 8.78 Å². The molecule has 1 aromatic carbocycles. The van der Waals surface area contributed by atoms with Gasteiger partial charge in [0.1, 0.15) is 12.4 Å². The highest BCUT2D eigenvalue weighted by Gasteiger charge is 2.18. The van der Waals surface area contributed by atoms with Crippen molar-refractivity contribution in [3.63, 3.8) is 0 Å². The molecule has 0 amide bonds. The molecule has 2 aromatic rings. The number of benzene rings is 1. The van der Waals surface area contributed by atoms with Crippen LogP contribution in [0.5, 0.6) is 0 Å². The molecule has 1 heterocycles. The summed E-state index contributed by atoms with van der Waals surface area (Å²) in [4.78, 5) is 10.8. The fourth-order valence-electron chi connectivity index (χ4n) is 3.13. The van der Waals surface area contributed by atoms with Gasteiger partial charge in [0.05, 0.1) is 6.04 Å². The minimum atomic E-state index is -2.62. The smallest absolute Gasteiger partial charge is 0.319 e. The lowest BCUT2D eigenvalue weighted by Gasteiger charge is -2.30. The average Bonchev–Trinajstić information content (AvgIpc) is 3.18. The highest BCUT2D eigenvalue weighted by Crippen LogP contribution is 2.19. The summed E-state index contributed by atoms with van der Waals surface area (Å²) in [6.07, 6.45) is 2.63. The molecule has 2 rings (SSSR count). The fraction of sp³-hybridized carbons (Fsp3) is 0.500. The first-order chi connectivity index (χ1) is 13.6.